The minimum Gasteiger partial charge on any atom is -0.367 e. The van der Waals surface area contributed by atoms with Gasteiger partial charge in [-0.1, -0.05) is 0 Å². The first-order valence-corrected chi connectivity index (χ1v) is 6.07. The molecule has 4 nitrogen and oxygen atoms in total. The fourth-order valence-electron chi connectivity index (χ4n) is 0.939. The molecule has 0 saturated carbocycles. The topological polar surface area (TPSA) is 54.9 Å². The van der Waals surface area contributed by atoms with E-state index in [1.165, 1.54) is 0 Å². The monoisotopic (exact) mass is 213 g/mol. The number of hydrogen-bond acceptors (Lipinski definition) is 4. The van der Waals surface area contributed by atoms with E-state index in [1.807, 2.05) is 13.8 Å². The van der Waals surface area contributed by atoms with Crippen molar-refractivity contribution in [3.63, 3.8) is 0 Å². The van der Waals surface area contributed by atoms with E-state index < -0.39 is 10.8 Å². The normalized spacial score (nSPS) is 14.8. The van der Waals surface area contributed by atoms with Crippen LogP contribution in [0.4, 0.5) is 5.82 Å². The number of aryl methyl sites for hydroxylation is 1. The summed E-state index contributed by atoms with van der Waals surface area (Å²) in [4.78, 5) is 8.24. The summed E-state index contributed by atoms with van der Waals surface area (Å²) in [6.45, 7) is 4.49. The summed E-state index contributed by atoms with van der Waals surface area (Å²) in [6.07, 6.45) is 5.00. The minimum atomic E-state index is -0.801. The molecule has 78 valence electrons. The Bertz CT molecular complexity index is 330. The SMILES string of the molecule is Cc1nccnc1NCC(C)S(C)=O. The van der Waals surface area contributed by atoms with Crippen molar-refractivity contribution in [2.75, 3.05) is 18.1 Å². The molecule has 0 amide bonds. The van der Waals surface area contributed by atoms with Gasteiger partial charge >= 0.3 is 0 Å². The zero-order chi connectivity index (χ0) is 10.6. The Balaban J connectivity index is 2.54. The van der Waals surface area contributed by atoms with Gasteiger partial charge in [0.15, 0.2) is 0 Å². The third kappa shape index (κ3) is 3.06. The molecule has 0 saturated heterocycles. The molecule has 0 spiro atoms. The number of anilines is 1. The van der Waals surface area contributed by atoms with Crippen molar-refractivity contribution in [1.29, 1.82) is 0 Å². The van der Waals surface area contributed by atoms with Gasteiger partial charge in [-0.2, -0.15) is 0 Å². The molecule has 0 fully saturated rings. The van der Waals surface area contributed by atoms with E-state index >= 15 is 0 Å². The van der Waals surface area contributed by atoms with Crippen LogP contribution in [0, 0.1) is 6.92 Å². The van der Waals surface area contributed by atoms with Crippen LogP contribution in [0.2, 0.25) is 0 Å². The summed E-state index contributed by atoms with van der Waals surface area (Å²) < 4.78 is 11.1. The highest BCUT2D eigenvalue weighted by Gasteiger charge is 2.06. The number of rotatable bonds is 4. The van der Waals surface area contributed by atoms with Crippen molar-refractivity contribution in [2.24, 2.45) is 0 Å². The van der Waals surface area contributed by atoms with Crippen molar-refractivity contribution < 1.29 is 4.21 Å². The van der Waals surface area contributed by atoms with Crippen LogP contribution in [-0.2, 0) is 10.8 Å². The third-order valence-electron chi connectivity index (χ3n) is 2.00. The molecular formula is C9H15N3OS. The van der Waals surface area contributed by atoms with E-state index in [4.69, 9.17) is 0 Å². The third-order valence-corrected chi connectivity index (χ3v) is 3.30. The zero-order valence-corrected chi connectivity index (χ0v) is 9.47. The Kier molecular flexibility index (Phi) is 4.00. The number of aromatic nitrogens is 2. The second kappa shape index (κ2) is 5.05. The summed E-state index contributed by atoms with van der Waals surface area (Å²) in [5, 5.41) is 3.25. The molecule has 0 aliphatic carbocycles. The maximum Gasteiger partial charge on any atom is 0.147 e. The lowest BCUT2D eigenvalue weighted by molar-refractivity contribution is 0.678. The first kappa shape index (κ1) is 11.1. The van der Waals surface area contributed by atoms with Crippen molar-refractivity contribution >= 4 is 16.6 Å². The lowest BCUT2D eigenvalue weighted by Crippen LogP contribution is -2.21. The molecule has 0 aliphatic rings. The molecule has 0 bridgehead atoms. The average molecular weight is 213 g/mol. The second-order valence-corrected chi connectivity index (χ2v) is 4.98. The van der Waals surface area contributed by atoms with Crippen LogP contribution < -0.4 is 5.32 Å². The highest BCUT2D eigenvalue weighted by atomic mass is 32.2. The van der Waals surface area contributed by atoms with E-state index in [0.29, 0.717) is 6.54 Å². The fourth-order valence-corrected chi connectivity index (χ4v) is 1.26. The maximum absolute atomic E-state index is 11.1. The fraction of sp³-hybridized carbons (Fsp3) is 0.556. The number of nitrogens with zero attached hydrogens (tertiary/aromatic N) is 2. The summed E-state index contributed by atoms with van der Waals surface area (Å²) in [7, 11) is -0.801. The highest BCUT2D eigenvalue weighted by molar-refractivity contribution is 7.84. The molecule has 0 aliphatic heterocycles. The van der Waals surface area contributed by atoms with Crippen LogP contribution in [0.15, 0.2) is 12.4 Å². The number of nitrogens with one attached hydrogen (secondary N) is 1. The van der Waals surface area contributed by atoms with Crippen LogP contribution in [0.3, 0.4) is 0 Å². The summed E-state index contributed by atoms with van der Waals surface area (Å²) >= 11 is 0. The van der Waals surface area contributed by atoms with Crippen LogP contribution >= 0.6 is 0 Å². The molecule has 1 heterocycles. The van der Waals surface area contributed by atoms with Crippen molar-refractivity contribution in [3.05, 3.63) is 18.1 Å². The van der Waals surface area contributed by atoms with Gasteiger partial charge in [-0.15, -0.1) is 0 Å². The maximum atomic E-state index is 11.1. The van der Waals surface area contributed by atoms with Crippen LogP contribution in [-0.4, -0.2) is 32.2 Å². The van der Waals surface area contributed by atoms with Crippen molar-refractivity contribution in [2.45, 2.75) is 19.1 Å². The molecule has 0 aromatic carbocycles. The molecule has 1 N–H and O–H groups in total. The van der Waals surface area contributed by atoms with Crippen LogP contribution in [0.5, 0.6) is 0 Å². The van der Waals surface area contributed by atoms with Gasteiger partial charge in [0.2, 0.25) is 0 Å². The van der Waals surface area contributed by atoms with Gasteiger partial charge in [-0.3, -0.25) is 9.19 Å². The summed E-state index contributed by atoms with van der Waals surface area (Å²) in [5.74, 6) is 0.768. The Morgan fingerprint density at radius 1 is 1.50 bits per heavy atom. The van der Waals surface area contributed by atoms with Crippen LogP contribution in [0.25, 0.3) is 0 Å². The predicted molar refractivity (Wildman–Crippen MR) is 58.8 cm³/mol. The molecule has 1 aromatic heterocycles. The molecule has 0 radical (unpaired) electrons. The van der Waals surface area contributed by atoms with Gasteiger partial charge in [-0.05, 0) is 13.8 Å². The van der Waals surface area contributed by atoms with Crippen LogP contribution in [0.1, 0.15) is 12.6 Å². The molecule has 1 rings (SSSR count). The first-order chi connectivity index (χ1) is 6.61. The highest BCUT2D eigenvalue weighted by Crippen LogP contribution is 2.06. The molecule has 5 heteroatoms. The van der Waals surface area contributed by atoms with Gasteiger partial charge in [-0.25, -0.2) is 4.98 Å². The smallest absolute Gasteiger partial charge is 0.147 e. The molecule has 14 heavy (non-hydrogen) atoms. The molecule has 1 aromatic rings. The minimum absolute atomic E-state index is 0.122. The van der Waals surface area contributed by atoms with E-state index in [2.05, 4.69) is 15.3 Å². The largest absolute Gasteiger partial charge is 0.367 e. The van der Waals surface area contributed by atoms with E-state index in [-0.39, 0.29) is 5.25 Å². The van der Waals surface area contributed by atoms with Gasteiger partial charge in [0.25, 0.3) is 0 Å². The van der Waals surface area contributed by atoms with Gasteiger partial charge in [0, 0.05) is 41.2 Å². The molecule has 2 atom stereocenters. The van der Waals surface area contributed by atoms with Crippen molar-refractivity contribution in [1.82, 2.24) is 9.97 Å². The van der Waals surface area contributed by atoms with E-state index in [9.17, 15) is 4.21 Å². The standard InChI is InChI=1S/C9H15N3OS/c1-7(14(3)13)6-12-9-8(2)10-4-5-11-9/h4-5,7H,6H2,1-3H3,(H,11,12). The lowest BCUT2D eigenvalue weighted by atomic mass is 10.4. The predicted octanol–water partition coefficient (Wildman–Crippen LogP) is 0.964. The molecule has 2 unspecified atom stereocenters. The summed E-state index contributed by atoms with van der Waals surface area (Å²) in [5.41, 5.74) is 0.863. The zero-order valence-electron chi connectivity index (χ0n) is 8.65. The van der Waals surface area contributed by atoms with E-state index in [1.54, 1.807) is 18.6 Å². The van der Waals surface area contributed by atoms with Gasteiger partial charge in [0.1, 0.15) is 5.82 Å². The molecular weight excluding hydrogens is 198 g/mol. The number of hydrogen-bond donors (Lipinski definition) is 1. The Hall–Kier alpha value is -0.970. The van der Waals surface area contributed by atoms with Gasteiger partial charge in [0.05, 0.1) is 5.69 Å². The summed E-state index contributed by atoms with van der Waals surface area (Å²) in [6, 6.07) is 0. The van der Waals surface area contributed by atoms with E-state index in [0.717, 1.165) is 11.5 Å². The van der Waals surface area contributed by atoms with Crippen molar-refractivity contribution in [3.8, 4) is 0 Å². The average Bonchev–Trinajstić information content (AvgIpc) is 2.16. The first-order valence-electron chi connectivity index (χ1n) is 4.45. The Morgan fingerprint density at radius 3 is 2.71 bits per heavy atom. The Morgan fingerprint density at radius 2 is 2.14 bits per heavy atom. The van der Waals surface area contributed by atoms with Gasteiger partial charge < -0.3 is 5.32 Å². The Labute approximate surface area is 86.6 Å². The quantitative estimate of drug-likeness (QED) is 0.809. The second-order valence-electron chi connectivity index (χ2n) is 3.18. The lowest BCUT2D eigenvalue weighted by Gasteiger charge is -2.11.